The largest absolute Gasteiger partial charge is 0.508 e. The molecule has 2 rings (SSSR count). The molecule has 0 aromatic heterocycles. The van der Waals surface area contributed by atoms with Crippen LogP contribution in [0.5, 0.6) is 5.75 Å². The van der Waals surface area contributed by atoms with Gasteiger partial charge in [-0.3, -0.25) is 0 Å². The van der Waals surface area contributed by atoms with Gasteiger partial charge in [0.2, 0.25) is 0 Å². The van der Waals surface area contributed by atoms with Crippen LogP contribution in [0, 0.1) is 0 Å². The van der Waals surface area contributed by atoms with E-state index in [1.807, 2.05) is 12.1 Å². The molecule has 0 amide bonds. The van der Waals surface area contributed by atoms with Gasteiger partial charge < -0.3 is 10.4 Å². The minimum absolute atomic E-state index is 0.427. The number of aromatic hydroxyl groups is 1. The van der Waals surface area contributed by atoms with Crippen LogP contribution in [0.4, 0.5) is 5.69 Å². The normalized spacial score (nSPS) is 20.2. The molecular weight excluding hydrogens is 150 g/mol. The summed E-state index contributed by atoms with van der Waals surface area (Å²) in [6.45, 7) is 2.15. The molecule has 2 heteroatoms. The SMILES string of the molecule is CCC1Cc2c(O)cccc2N1. The fourth-order valence-electron chi connectivity index (χ4n) is 1.69. The third kappa shape index (κ3) is 1.04. The summed E-state index contributed by atoms with van der Waals surface area (Å²) >= 11 is 0. The molecule has 1 aliphatic rings. The molecule has 0 saturated carbocycles. The molecule has 0 saturated heterocycles. The zero-order chi connectivity index (χ0) is 8.55. The Morgan fingerprint density at radius 2 is 2.42 bits per heavy atom. The van der Waals surface area contributed by atoms with Crippen molar-refractivity contribution >= 4 is 5.69 Å². The van der Waals surface area contributed by atoms with Gasteiger partial charge >= 0.3 is 0 Å². The lowest BCUT2D eigenvalue weighted by Gasteiger charge is -2.05. The van der Waals surface area contributed by atoms with Crippen molar-refractivity contribution in [3.63, 3.8) is 0 Å². The van der Waals surface area contributed by atoms with Crippen LogP contribution in [0.3, 0.4) is 0 Å². The molecule has 1 aromatic carbocycles. The molecule has 0 aliphatic carbocycles. The fourth-order valence-corrected chi connectivity index (χ4v) is 1.69. The molecule has 12 heavy (non-hydrogen) atoms. The highest BCUT2D eigenvalue weighted by atomic mass is 16.3. The number of anilines is 1. The van der Waals surface area contributed by atoms with Crippen molar-refractivity contribution in [1.82, 2.24) is 0 Å². The van der Waals surface area contributed by atoms with Crippen LogP contribution in [0.1, 0.15) is 18.9 Å². The number of hydrogen-bond donors (Lipinski definition) is 2. The fraction of sp³-hybridized carbons (Fsp3) is 0.400. The standard InChI is InChI=1S/C10H13NO/c1-2-7-6-8-9(11-7)4-3-5-10(8)12/h3-5,7,11-12H,2,6H2,1H3. The van der Waals surface area contributed by atoms with E-state index in [0.29, 0.717) is 11.8 Å². The second-order valence-corrected chi connectivity index (χ2v) is 3.26. The molecule has 2 nitrogen and oxygen atoms in total. The van der Waals surface area contributed by atoms with E-state index in [0.717, 1.165) is 24.1 Å². The molecule has 1 aromatic rings. The Labute approximate surface area is 72.2 Å². The smallest absolute Gasteiger partial charge is 0.120 e. The molecular formula is C10H13NO. The zero-order valence-corrected chi connectivity index (χ0v) is 7.17. The molecule has 0 fully saturated rings. The summed E-state index contributed by atoms with van der Waals surface area (Å²) in [4.78, 5) is 0. The van der Waals surface area contributed by atoms with Gasteiger partial charge in [-0.2, -0.15) is 0 Å². The number of phenols is 1. The summed E-state index contributed by atoms with van der Waals surface area (Å²) in [7, 11) is 0. The second-order valence-electron chi connectivity index (χ2n) is 3.26. The van der Waals surface area contributed by atoms with Crippen LogP contribution >= 0.6 is 0 Å². The Hall–Kier alpha value is -1.18. The molecule has 1 unspecified atom stereocenters. The lowest BCUT2D eigenvalue weighted by molar-refractivity contribution is 0.468. The molecule has 1 aliphatic heterocycles. The molecule has 1 atom stereocenters. The molecule has 0 bridgehead atoms. The molecule has 0 spiro atoms. The van der Waals surface area contributed by atoms with Gasteiger partial charge in [-0.25, -0.2) is 0 Å². The summed E-state index contributed by atoms with van der Waals surface area (Å²) in [5.74, 6) is 0.427. The van der Waals surface area contributed by atoms with Gasteiger partial charge in [0.25, 0.3) is 0 Å². The number of hydrogen-bond acceptors (Lipinski definition) is 2. The minimum atomic E-state index is 0.427. The Kier molecular flexibility index (Phi) is 1.68. The van der Waals surface area contributed by atoms with Crippen molar-refractivity contribution in [2.24, 2.45) is 0 Å². The summed E-state index contributed by atoms with van der Waals surface area (Å²) in [5.41, 5.74) is 2.17. The van der Waals surface area contributed by atoms with Crippen LogP contribution in [0.2, 0.25) is 0 Å². The molecule has 64 valence electrons. The lowest BCUT2D eigenvalue weighted by atomic mass is 10.1. The van der Waals surface area contributed by atoms with Crippen LogP contribution in [-0.2, 0) is 6.42 Å². The summed E-state index contributed by atoms with van der Waals surface area (Å²) < 4.78 is 0. The second kappa shape index (κ2) is 2.70. The number of fused-ring (bicyclic) bond motifs is 1. The van der Waals surface area contributed by atoms with Crippen LogP contribution < -0.4 is 5.32 Å². The third-order valence-corrected chi connectivity index (χ3v) is 2.45. The number of benzene rings is 1. The average molecular weight is 163 g/mol. The van der Waals surface area contributed by atoms with Crippen LogP contribution in [0.15, 0.2) is 18.2 Å². The molecule has 0 radical (unpaired) electrons. The van der Waals surface area contributed by atoms with Crippen molar-refractivity contribution in [3.05, 3.63) is 23.8 Å². The van der Waals surface area contributed by atoms with Gasteiger partial charge in [-0.15, -0.1) is 0 Å². The first-order chi connectivity index (χ1) is 5.81. The predicted octanol–water partition coefficient (Wildman–Crippen LogP) is 2.14. The van der Waals surface area contributed by atoms with Crippen molar-refractivity contribution < 1.29 is 5.11 Å². The van der Waals surface area contributed by atoms with Gasteiger partial charge in [-0.1, -0.05) is 13.0 Å². The van der Waals surface area contributed by atoms with Crippen molar-refractivity contribution in [1.29, 1.82) is 0 Å². The van der Waals surface area contributed by atoms with E-state index in [1.54, 1.807) is 6.07 Å². The summed E-state index contributed by atoms with van der Waals surface area (Å²) in [6, 6.07) is 6.15. The lowest BCUT2D eigenvalue weighted by Crippen LogP contribution is -2.12. The van der Waals surface area contributed by atoms with E-state index in [1.165, 1.54) is 0 Å². The number of phenolic OH excluding ortho intramolecular Hbond substituents is 1. The highest BCUT2D eigenvalue weighted by molar-refractivity contribution is 5.61. The van der Waals surface area contributed by atoms with Crippen molar-refractivity contribution in [2.45, 2.75) is 25.8 Å². The van der Waals surface area contributed by atoms with Gasteiger partial charge in [0.15, 0.2) is 0 Å². The Morgan fingerprint density at radius 1 is 1.58 bits per heavy atom. The van der Waals surface area contributed by atoms with E-state index in [9.17, 15) is 5.11 Å². The van der Waals surface area contributed by atoms with E-state index < -0.39 is 0 Å². The average Bonchev–Trinajstić information content (AvgIpc) is 2.49. The van der Waals surface area contributed by atoms with Crippen molar-refractivity contribution in [3.8, 4) is 5.75 Å². The number of rotatable bonds is 1. The quantitative estimate of drug-likeness (QED) is 0.664. The molecule has 2 N–H and O–H groups in total. The van der Waals surface area contributed by atoms with E-state index in [-0.39, 0.29) is 0 Å². The Morgan fingerprint density at radius 3 is 3.08 bits per heavy atom. The minimum Gasteiger partial charge on any atom is -0.508 e. The maximum Gasteiger partial charge on any atom is 0.120 e. The number of nitrogens with one attached hydrogen (secondary N) is 1. The van der Waals surface area contributed by atoms with E-state index in [2.05, 4.69) is 12.2 Å². The zero-order valence-electron chi connectivity index (χ0n) is 7.17. The van der Waals surface area contributed by atoms with Gasteiger partial charge in [0.1, 0.15) is 5.75 Å². The van der Waals surface area contributed by atoms with Gasteiger partial charge in [0, 0.05) is 17.3 Å². The Bertz CT molecular complexity index is 296. The highest BCUT2D eigenvalue weighted by Crippen LogP contribution is 2.33. The highest BCUT2D eigenvalue weighted by Gasteiger charge is 2.20. The maximum absolute atomic E-state index is 9.50. The topological polar surface area (TPSA) is 32.3 Å². The third-order valence-electron chi connectivity index (χ3n) is 2.45. The van der Waals surface area contributed by atoms with Crippen molar-refractivity contribution in [2.75, 3.05) is 5.32 Å². The van der Waals surface area contributed by atoms with E-state index in [4.69, 9.17) is 0 Å². The maximum atomic E-state index is 9.50. The van der Waals surface area contributed by atoms with Crippen LogP contribution in [-0.4, -0.2) is 11.1 Å². The summed E-state index contributed by atoms with van der Waals surface area (Å²) in [5, 5.41) is 12.9. The predicted molar refractivity (Wildman–Crippen MR) is 49.5 cm³/mol. The summed E-state index contributed by atoms with van der Waals surface area (Å²) in [6.07, 6.45) is 2.06. The molecule has 1 heterocycles. The Balaban J connectivity index is 2.35. The van der Waals surface area contributed by atoms with Gasteiger partial charge in [0.05, 0.1) is 0 Å². The van der Waals surface area contributed by atoms with Crippen LogP contribution in [0.25, 0.3) is 0 Å². The van der Waals surface area contributed by atoms with E-state index >= 15 is 0 Å². The first kappa shape index (κ1) is 7.47. The first-order valence-electron chi connectivity index (χ1n) is 4.38. The first-order valence-corrected chi connectivity index (χ1v) is 4.38. The van der Waals surface area contributed by atoms with Gasteiger partial charge in [-0.05, 0) is 25.0 Å². The monoisotopic (exact) mass is 163 g/mol.